The second-order valence-corrected chi connectivity index (χ2v) is 5.56. The van der Waals surface area contributed by atoms with Crippen molar-refractivity contribution < 1.29 is 14.6 Å². The maximum atomic E-state index is 12.1. The number of carbonyl (C=O) groups excluding carboxylic acids is 1. The molecule has 104 valence electrons. The lowest BCUT2D eigenvalue weighted by Crippen LogP contribution is -2.42. The van der Waals surface area contributed by atoms with Crippen molar-refractivity contribution in [2.45, 2.75) is 38.3 Å². The molecule has 0 radical (unpaired) electrons. The Morgan fingerprint density at radius 3 is 3.00 bits per heavy atom. The smallest absolute Gasteiger partial charge is 0.251 e. The lowest BCUT2D eigenvalue weighted by atomic mass is 10.0. The van der Waals surface area contributed by atoms with Crippen molar-refractivity contribution >= 4 is 21.8 Å². The zero-order chi connectivity index (χ0) is 13.8. The number of benzene rings is 1. The molecule has 1 aliphatic rings. The molecular weight excluding hydrogens is 310 g/mol. The van der Waals surface area contributed by atoms with Gasteiger partial charge in [0.05, 0.1) is 16.6 Å². The first kappa shape index (κ1) is 14.3. The van der Waals surface area contributed by atoms with Gasteiger partial charge in [-0.15, -0.1) is 0 Å². The van der Waals surface area contributed by atoms with Gasteiger partial charge in [0.1, 0.15) is 5.75 Å². The fourth-order valence-electron chi connectivity index (χ4n) is 2.28. The second-order valence-electron chi connectivity index (χ2n) is 4.71. The molecule has 1 aromatic carbocycles. The summed E-state index contributed by atoms with van der Waals surface area (Å²) in [4.78, 5) is 12.1. The maximum Gasteiger partial charge on any atom is 0.251 e. The quantitative estimate of drug-likeness (QED) is 0.894. The van der Waals surface area contributed by atoms with Gasteiger partial charge in [0, 0.05) is 12.2 Å². The molecule has 0 spiro atoms. The minimum atomic E-state index is -0.176. The highest BCUT2D eigenvalue weighted by Crippen LogP contribution is 2.24. The normalized spacial score (nSPS) is 20.2. The molecule has 0 aliphatic carbocycles. The SMILES string of the molecule is CCC(NC(=O)c1ccc(Br)c(O)c1)C1CCCO1. The van der Waals surface area contributed by atoms with Gasteiger partial charge in [-0.2, -0.15) is 0 Å². The third-order valence-corrected chi connectivity index (χ3v) is 4.05. The molecule has 1 amide bonds. The fourth-order valence-corrected chi connectivity index (χ4v) is 2.53. The first-order valence-electron chi connectivity index (χ1n) is 6.52. The molecule has 1 saturated heterocycles. The Hall–Kier alpha value is -1.07. The Balaban J connectivity index is 2.04. The first-order valence-corrected chi connectivity index (χ1v) is 7.32. The van der Waals surface area contributed by atoms with Crippen molar-refractivity contribution in [2.24, 2.45) is 0 Å². The van der Waals surface area contributed by atoms with Crippen LogP contribution in [-0.4, -0.2) is 29.8 Å². The zero-order valence-electron chi connectivity index (χ0n) is 10.9. The Kier molecular flexibility index (Phi) is 4.82. The van der Waals surface area contributed by atoms with E-state index < -0.39 is 0 Å². The van der Waals surface area contributed by atoms with Crippen LogP contribution in [0.5, 0.6) is 5.75 Å². The van der Waals surface area contributed by atoms with Crippen LogP contribution in [0.4, 0.5) is 0 Å². The van der Waals surface area contributed by atoms with Crippen LogP contribution in [0.3, 0.4) is 0 Å². The molecule has 1 fully saturated rings. The summed E-state index contributed by atoms with van der Waals surface area (Å²) in [5.41, 5.74) is 0.456. The molecule has 2 atom stereocenters. The van der Waals surface area contributed by atoms with Crippen LogP contribution in [-0.2, 0) is 4.74 Å². The third-order valence-electron chi connectivity index (χ3n) is 3.38. The Bertz CT molecular complexity index is 458. The number of hydrogen-bond donors (Lipinski definition) is 2. The average molecular weight is 328 g/mol. The third kappa shape index (κ3) is 3.48. The van der Waals surface area contributed by atoms with Gasteiger partial charge in [0.15, 0.2) is 0 Å². The van der Waals surface area contributed by atoms with Crippen molar-refractivity contribution in [2.75, 3.05) is 6.61 Å². The molecule has 19 heavy (non-hydrogen) atoms. The summed E-state index contributed by atoms with van der Waals surface area (Å²) in [5, 5.41) is 12.6. The van der Waals surface area contributed by atoms with E-state index >= 15 is 0 Å². The minimum Gasteiger partial charge on any atom is -0.507 e. The van der Waals surface area contributed by atoms with E-state index in [0.29, 0.717) is 10.0 Å². The summed E-state index contributed by atoms with van der Waals surface area (Å²) in [6, 6.07) is 4.83. The monoisotopic (exact) mass is 327 g/mol. The molecule has 0 saturated carbocycles. The van der Waals surface area contributed by atoms with Crippen molar-refractivity contribution in [3.8, 4) is 5.75 Å². The molecule has 2 unspecified atom stereocenters. The van der Waals surface area contributed by atoms with Crippen LogP contribution in [0.15, 0.2) is 22.7 Å². The van der Waals surface area contributed by atoms with Crippen LogP contribution in [0.25, 0.3) is 0 Å². The van der Waals surface area contributed by atoms with E-state index in [1.165, 1.54) is 6.07 Å². The van der Waals surface area contributed by atoms with Gasteiger partial charge in [0.25, 0.3) is 5.91 Å². The summed E-state index contributed by atoms with van der Waals surface area (Å²) in [5.74, 6) is -0.108. The lowest BCUT2D eigenvalue weighted by Gasteiger charge is -2.22. The zero-order valence-corrected chi connectivity index (χ0v) is 12.4. The van der Waals surface area contributed by atoms with Crippen LogP contribution in [0.1, 0.15) is 36.5 Å². The number of halogens is 1. The molecule has 4 nitrogen and oxygen atoms in total. The number of rotatable bonds is 4. The van der Waals surface area contributed by atoms with Crippen LogP contribution in [0, 0.1) is 0 Å². The van der Waals surface area contributed by atoms with Gasteiger partial charge < -0.3 is 15.2 Å². The molecule has 5 heteroatoms. The van der Waals surface area contributed by atoms with Crippen molar-refractivity contribution in [3.05, 3.63) is 28.2 Å². The topological polar surface area (TPSA) is 58.6 Å². The molecule has 0 bridgehead atoms. The summed E-state index contributed by atoms with van der Waals surface area (Å²) in [6.45, 7) is 2.81. The Morgan fingerprint density at radius 1 is 1.63 bits per heavy atom. The van der Waals surface area contributed by atoms with Crippen LogP contribution in [0.2, 0.25) is 0 Å². The molecule has 1 aliphatic heterocycles. The van der Waals surface area contributed by atoms with Gasteiger partial charge in [0.2, 0.25) is 0 Å². The highest BCUT2D eigenvalue weighted by atomic mass is 79.9. The van der Waals surface area contributed by atoms with E-state index in [1.54, 1.807) is 12.1 Å². The molecule has 0 aromatic heterocycles. The minimum absolute atomic E-state index is 0.0285. The summed E-state index contributed by atoms with van der Waals surface area (Å²) >= 11 is 3.20. The number of phenols is 1. The van der Waals surface area contributed by atoms with E-state index in [2.05, 4.69) is 21.2 Å². The van der Waals surface area contributed by atoms with Crippen LogP contribution >= 0.6 is 15.9 Å². The highest BCUT2D eigenvalue weighted by molar-refractivity contribution is 9.10. The number of nitrogens with one attached hydrogen (secondary N) is 1. The van der Waals surface area contributed by atoms with E-state index in [9.17, 15) is 9.90 Å². The summed E-state index contributed by atoms with van der Waals surface area (Å²) in [6.07, 6.45) is 2.98. The molecular formula is C14H18BrNO3. The van der Waals surface area contributed by atoms with Crippen LogP contribution < -0.4 is 5.32 Å². The van der Waals surface area contributed by atoms with E-state index in [-0.39, 0.29) is 23.8 Å². The van der Waals surface area contributed by atoms with Crippen molar-refractivity contribution in [3.63, 3.8) is 0 Å². The molecule has 2 N–H and O–H groups in total. The number of hydrogen-bond acceptors (Lipinski definition) is 3. The van der Waals surface area contributed by atoms with E-state index in [4.69, 9.17) is 4.74 Å². The van der Waals surface area contributed by atoms with Gasteiger partial charge >= 0.3 is 0 Å². The Morgan fingerprint density at radius 2 is 2.42 bits per heavy atom. The van der Waals surface area contributed by atoms with Gasteiger partial charge in [-0.25, -0.2) is 0 Å². The number of amides is 1. The average Bonchev–Trinajstić information content (AvgIpc) is 2.92. The maximum absolute atomic E-state index is 12.1. The van der Waals surface area contributed by atoms with Crippen molar-refractivity contribution in [1.29, 1.82) is 0 Å². The Labute approximate surface area is 121 Å². The highest BCUT2D eigenvalue weighted by Gasteiger charge is 2.26. The predicted octanol–water partition coefficient (Wildman–Crippen LogP) is 2.84. The standard InChI is InChI=1S/C14H18BrNO3/c1-2-11(13-4-3-7-19-13)16-14(18)9-5-6-10(15)12(17)8-9/h5-6,8,11,13,17H,2-4,7H2,1H3,(H,16,18). The first-order chi connectivity index (χ1) is 9.11. The molecule has 1 heterocycles. The number of carbonyl (C=O) groups is 1. The van der Waals surface area contributed by atoms with Gasteiger partial charge in [-0.05, 0) is 53.4 Å². The van der Waals surface area contributed by atoms with Gasteiger partial charge in [-0.3, -0.25) is 4.79 Å². The van der Waals surface area contributed by atoms with E-state index in [1.807, 2.05) is 6.92 Å². The number of ether oxygens (including phenoxy) is 1. The summed E-state index contributed by atoms with van der Waals surface area (Å²) < 4.78 is 6.19. The van der Waals surface area contributed by atoms with E-state index in [0.717, 1.165) is 25.9 Å². The number of phenolic OH excluding ortho intramolecular Hbond substituents is 1. The van der Waals surface area contributed by atoms with Gasteiger partial charge in [-0.1, -0.05) is 6.92 Å². The number of aromatic hydroxyl groups is 1. The molecule has 2 rings (SSSR count). The largest absolute Gasteiger partial charge is 0.507 e. The predicted molar refractivity (Wildman–Crippen MR) is 76.3 cm³/mol. The van der Waals surface area contributed by atoms with Crippen molar-refractivity contribution in [1.82, 2.24) is 5.32 Å². The fraction of sp³-hybridized carbons (Fsp3) is 0.500. The molecule has 1 aromatic rings. The lowest BCUT2D eigenvalue weighted by molar-refractivity contribution is 0.0665. The second kappa shape index (κ2) is 6.39. The summed E-state index contributed by atoms with van der Waals surface area (Å²) in [7, 11) is 0.